The summed E-state index contributed by atoms with van der Waals surface area (Å²) in [6.45, 7) is 7.16. The SMILES string of the molecule is C=CCOC(=O)C(C)(C)CCl. The second kappa shape index (κ2) is 4.39. The molecule has 0 saturated carbocycles. The topological polar surface area (TPSA) is 26.3 Å². The van der Waals surface area contributed by atoms with E-state index in [0.29, 0.717) is 0 Å². The van der Waals surface area contributed by atoms with E-state index in [1.165, 1.54) is 6.08 Å². The van der Waals surface area contributed by atoms with Gasteiger partial charge in [0.1, 0.15) is 6.61 Å². The molecule has 0 atom stereocenters. The molecule has 0 N–H and O–H groups in total. The summed E-state index contributed by atoms with van der Waals surface area (Å²) in [5, 5.41) is 0. The monoisotopic (exact) mass is 176 g/mol. The highest BCUT2D eigenvalue weighted by Gasteiger charge is 2.27. The van der Waals surface area contributed by atoms with Crippen LogP contribution < -0.4 is 0 Å². The van der Waals surface area contributed by atoms with E-state index in [9.17, 15) is 4.79 Å². The second-order valence-electron chi connectivity index (χ2n) is 2.90. The van der Waals surface area contributed by atoms with Crippen molar-refractivity contribution in [1.29, 1.82) is 0 Å². The highest BCUT2D eigenvalue weighted by Crippen LogP contribution is 2.18. The largest absolute Gasteiger partial charge is 0.461 e. The lowest BCUT2D eigenvalue weighted by atomic mass is 9.97. The zero-order valence-electron chi connectivity index (χ0n) is 6.89. The average Bonchev–Trinajstić information content (AvgIpc) is 2.00. The highest BCUT2D eigenvalue weighted by atomic mass is 35.5. The molecular weight excluding hydrogens is 164 g/mol. The van der Waals surface area contributed by atoms with Crippen LogP contribution in [0.25, 0.3) is 0 Å². The van der Waals surface area contributed by atoms with Gasteiger partial charge in [0.15, 0.2) is 0 Å². The fourth-order valence-corrected chi connectivity index (χ4v) is 0.494. The number of carbonyl (C=O) groups excluding carboxylic acids is 1. The van der Waals surface area contributed by atoms with Gasteiger partial charge in [0.2, 0.25) is 0 Å². The molecule has 2 nitrogen and oxygen atoms in total. The van der Waals surface area contributed by atoms with Crippen LogP contribution in [0.2, 0.25) is 0 Å². The molecule has 0 aliphatic heterocycles. The van der Waals surface area contributed by atoms with Crippen LogP contribution in [0, 0.1) is 5.41 Å². The molecule has 3 heteroatoms. The number of hydrogen-bond donors (Lipinski definition) is 0. The maximum Gasteiger partial charge on any atom is 0.313 e. The van der Waals surface area contributed by atoms with E-state index >= 15 is 0 Å². The Morgan fingerprint density at radius 1 is 1.73 bits per heavy atom. The van der Waals surface area contributed by atoms with Crippen molar-refractivity contribution in [3.05, 3.63) is 12.7 Å². The predicted molar refractivity (Wildman–Crippen MR) is 45.7 cm³/mol. The summed E-state index contributed by atoms with van der Waals surface area (Å²) in [5.41, 5.74) is -0.593. The highest BCUT2D eigenvalue weighted by molar-refractivity contribution is 6.19. The molecule has 0 rings (SSSR count). The maximum absolute atomic E-state index is 11.1. The van der Waals surface area contributed by atoms with Crippen LogP contribution in [0.15, 0.2) is 12.7 Å². The summed E-state index contributed by atoms with van der Waals surface area (Å²) in [6, 6.07) is 0. The van der Waals surface area contributed by atoms with Gasteiger partial charge in [-0.2, -0.15) is 0 Å². The van der Waals surface area contributed by atoms with Crippen molar-refractivity contribution in [2.24, 2.45) is 5.41 Å². The van der Waals surface area contributed by atoms with E-state index < -0.39 is 5.41 Å². The molecule has 0 aliphatic rings. The minimum Gasteiger partial charge on any atom is -0.461 e. The normalized spacial score (nSPS) is 10.8. The van der Waals surface area contributed by atoms with Gasteiger partial charge in [0.25, 0.3) is 0 Å². The third-order valence-electron chi connectivity index (χ3n) is 1.22. The Morgan fingerprint density at radius 3 is 2.64 bits per heavy atom. The summed E-state index contributed by atoms with van der Waals surface area (Å²) in [6.07, 6.45) is 1.53. The molecule has 0 spiro atoms. The lowest BCUT2D eigenvalue weighted by molar-refractivity contribution is -0.151. The summed E-state index contributed by atoms with van der Waals surface area (Å²) >= 11 is 5.54. The van der Waals surface area contributed by atoms with E-state index in [-0.39, 0.29) is 18.5 Å². The molecular formula is C8H13ClO2. The summed E-state index contributed by atoms with van der Waals surface area (Å²) in [7, 11) is 0. The Labute approximate surface area is 72.2 Å². The molecule has 0 fully saturated rings. The molecule has 11 heavy (non-hydrogen) atoms. The smallest absolute Gasteiger partial charge is 0.313 e. The second-order valence-corrected chi connectivity index (χ2v) is 3.17. The molecule has 0 radical (unpaired) electrons. The molecule has 0 aliphatic carbocycles. The lowest BCUT2D eigenvalue weighted by Gasteiger charge is -2.18. The van der Waals surface area contributed by atoms with E-state index in [4.69, 9.17) is 16.3 Å². The van der Waals surface area contributed by atoms with Crippen LogP contribution in [0.1, 0.15) is 13.8 Å². The Hall–Kier alpha value is -0.500. The van der Waals surface area contributed by atoms with E-state index in [2.05, 4.69) is 6.58 Å². The number of esters is 1. The summed E-state index contributed by atoms with van der Waals surface area (Å²) < 4.78 is 4.81. The molecule has 0 aromatic rings. The quantitative estimate of drug-likeness (QED) is 0.372. The molecule has 0 saturated heterocycles. The van der Waals surface area contributed by atoms with Gasteiger partial charge in [-0.3, -0.25) is 4.79 Å². The number of halogens is 1. The fraction of sp³-hybridized carbons (Fsp3) is 0.625. The first-order valence-electron chi connectivity index (χ1n) is 3.38. The number of rotatable bonds is 4. The third-order valence-corrected chi connectivity index (χ3v) is 1.89. The molecule has 0 aromatic carbocycles. The Morgan fingerprint density at radius 2 is 2.27 bits per heavy atom. The van der Waals surface area contributed by atoms with Crippen molar-refractivity contribution < 1.29 is 9.53 Å². The van der Waals surface area contributed by atoms with Gasteiger partial charge >= 0.3 is 5.97 Å². The summed E-state index contributed by atoms with van der Waals surface area (Å²) in [5.74, 6) is -0.0180. The fourth-order valence-electron chi connectivity index (χ4n) is 0.385. The first-order chi connectivity index (χ1) is 5.04. The molecule has 0 bridgehead atoms. The molecule has 0 aromatic heterocycles. The van der Waals surface area contributed by atoms with Crippen LogP contribution >= 0.6 is 11.6 Å². The minimum absolute atomic E-state index is 0.249. The van der Waals surface area contributed by atoms with Crippen molar-refractivity contribution in [2.75, 3.05) is 12.5 Å². The summed E-state index contributed by atoms with van der Waals surface area (Å²) in [4.78, 5) is 11.1. The Balaban J connectivity index is 3.91. The maximum atomic E-state index is 11.1. The minimum atomic E-state index is -0.593. The Bertz CT molecular complexity index is 152. The molecule has 0 heterocycles. The van der Waals surface area contributed by atoms with Gasteiger partial charge in [-0.25, -0.2) is 0 Å². The standard InChI is InChI=1S/C8H13ClO2/c1-4-5-11-7(10)8(2,3)6-9/h4H,1,5-6H2,2-3H3. The first kappa shape index (κ1) is 10.5. The van der Waals surface area contributed by atoms with Crippen molar-refractivity contribution in [1.82, 2.24) is 0 Å². The lowest BCUT2D eigenvalue weighted by Crippen LogP contribution is -2.28. The van der Waals surface area contributed by atoms with E-state index in [1.54, 1.807) is 13.8 Å². The van der Waals surface area contributed by atoms with E-state index in [0.717, 1.165) is 0 Å². The van der Waals surface area contributed by atoms with Crippen LogP contribution in [-0.4, -0.2) is 18.5 Å². The zero-order valence-corrected chi connectivity index (χ0v) is 7.65. The molecule has 0 amide bonds. The van der Waals surface area contributed by atoms with Crippen molar-refractivity contribution in [2.45, 2.75) is 13.8 Å². The van der Waals surface area contributed by atoms with Gasteiger partial charge in [-0.05, 0) is 13.8 Å². The van der Waals surface area contributed by atoms with Gasteiger partial charge < -0.3 is 4.74 Å². The number of hydrogen-bond acceptors (Lipinski definition) is 2. The number of carbonyl (C=O) groups is 1. The number of ether oxygens (including phenoxy) is 1. The first-order valence-corrected chi connectivity index (χ1v) is 3.92. The predicted octanol–water partition coefficient (Wildman–Crippen LogP) is 1.98. The van der Waals surface area contributed by atoms with Gasteiger partial charge in [-0.1, -0.05) is 12.7 Å². The van der Waals surface area contributed by atoms with Gasteiger partial charge in [0.05, 0.1) is 5.41 Å². The van der Waals surface area contributed by atoms with Crippen molar-refractivity contribution in [3.63, 3.8) is 0 Å². The van der Waals surface area contributed by atoms with Gasteiger partial charge in [0, 0.05) is 5.88 Å². The van der Waals surface area contributed by atoms with Gasteiger partial charge in [-0.15, -0.1) is 11.6 Å². The average molecular weight is 177 g/mol. The van der Waals surface area contributed by atoms with Crippen LogP contribution in [0.5, 0.6) is 0 Å². The third kappa shape index (κ3) is 3.42. The molecule has 64 valence electrons. The van der Waals surface area contributed by atoms with Crippen molar-refractivity contribution >= 4 is 17.6 Å². The van der Waals surface area contributed by atoms with Crippen molar-refractivity contribution in [3.8, 4) is 0 Å². The number of alkyl halides is 1. The van der Waals surface area contributed by atoms with Crippen LogP contribution in [0.3, 0.4) is 0 Å². The van der Waals surface area contributed by atoms with Crippen LogP contribution in [-0.2, 0) is 9.53 Å². The zero-order chi connectivity index (χ0) is 8.91. The Kier molecular flexibility index (Phi) is 4.19. The van der Waals surface area contributed by atoms with Crippen LogP contribution in [0.4, 0.5) is 0 Å². The molecule has 0 unspecified atom stereocenters. The van der Waals surface area contributed by atoms with E-state index in [1.807, 2.05) is 0 Å².